The predicted molar refractivity (Wildman–Crippen MR) is 78.7 cm³/mol. The van der Waals surface area contributed by atoms with E-state index in [9.17, 15) is 5.11 Å². The third-order valence-electron chi connectivity index (χ3n) is 4.57. The third-order valence-corrected chi connectivity index (χ3v) is 4.57. The van der Waals surface area contributed by atoms with Crippen LogP contribution in [0.15, 0.2) is 0 Å². The minimum absolute atomic E-state index is 0.433. The zero-order valence-corrected chi connectivity index (χ0v) is 12.8. The summed E-state index contributed by atoms with van der Waals surface area (Å²) in [4.78, 5) is 0. The molecule has 18 heavy (non-hydrogen) atoms. The van der Waals surface area contributed by atoms with Gasteiger partial charge in [0.1, 0.15) is 0 Å². The molecule has 108 valence electrons. The van der Waals surface area contributed by atoms with E-state index in [1.165, 1.54) is 32.1 Å². The first-order chi connectivity index (χ1) is 8.45. The lowest BCUT2D eigenvalue weighted by Gasteiger charge is -2.36. The van der Waals surface area contributed by atoms with Crippen LogP contribution >= 0.6 is 0 Å². The van der Waals surface area contributed by atoms with Gasteiger partial charge in [-0.05, 0) is 57.3 Å². The maximum atomic E-state index is 10.5. The average molecular weight is 255 g/mol. The van der Waals surface area contributed by atoms with Crippen LogP contribution in [0.5, 0.6) is 0 Å². The number of hydrogen-bond acceptors (Lipinski definition) is 2. The third kappa shape index (κ3) is 5.71. The van der Waals surface area contributed by atoms with Gasteiger partial charge in [-0.3, -0.25) is 0 Å². The quantitative estimate of drug-likeness (QED) is 0.726. The molecule has 0 aromatic carbocycles. The maximum absolute atomic E-state index is 10.5. The fourth-order valence-corrected chi connectivity index (χ4v) is 2.85. The molecule has 0 aromatic rings. The van der Waals surface area contributed by atoms with Crippen molar-refractivity contribution in [2.45, 2.75) is 84.3 Å². The van der Waals surface area contributed by atoms with Crippen molar-refractivity contribution < 1.29 is 5.11 Å². The van der Waals surface area contributed by atoms with Crippen molar-refractivity contribution in [3.05, 3.63) is 0 Å². The Balaban J connectivity index is 2.21. The van der Waals surface area contributed by atoms with Crippen LogP contribution in [-0.4, -0.2) is 23.3 Å². The van der Waals surface area contributed by atoms with Gasteiger partial charge in [0.15, 0.2) is 0 Å². The number of rotatable bonds is 7. The van der Waals surface area contributed by atoms with Gasteiger partial charge in [0.25, 0.3) is 0 Å². The topological polar surface area (TPSA) is 32.3 Å². The molecule has 0 amide bonds. The molecule has 1 saturated carbocycles. The van der Waals surface area contributed by atoms with Crippen LogP contribution in [0.1, 0.15) is 72.6 Å². The molecule has 1 rings (SSSR count). The molecule has 0 heterocycles. The summed E-state index contributed by atoms with van der Waals surface area (Å²) in [6.45, 7) is 9.83. The van der Waals surface area contributed by atoms with Crippen molar-refractivity contribution >= 4 is 0 Å². The first-order valence-electron chi connectivity index (χ1n) is 7.91. The molecule has 1 atom stereocenters. The Kier molecular flexibility index (Phi) is 6.65. The molecule has 0 bridgehead atoms. The first kappa shape index (κ1) is 16.0. The van der Waals surface area contributed by atoms with Crippen molar-refractivity contribution in [2.24, 2.45) is 11.8 Å². The van der Waals surface area contributed by atoms with E-state index in [4.69, 9.17) is 0 Å². The van der Waals surface area contributed by atoms with Gasteiger partial charge >= 0.3 is 0 Å². The predicted octanol–water partition coefficient (Wildman–Crippen LogP) is 3.73. The molecule has 1 unspecified atom stereocenters. The van der Waals surface area contributed by atoms with E-state index >= 15 is 0 Å². The van der Waals surface area contributed by atoms with Gasteiger partial charge in [-0.2, -0.15) is 0 Å². The average Bonchev–Trinajstić information content (AvgIpc) is 2.35. The van der Waals surface area contributed by atoms with Crippen LogP contribution in [0.2, 0.25) is 0 Å². The highest BCUT2D eigenvalue weighted by Crippen LogP contribution is 2.33. The van der Waals surface area contributed by atoms with Crippen LogP contribution in [0, 0.1) is 11.8 Å². The van der Waals surface area contributed by atoms with Gasteiger partial charge in [0, 0.05) is 12.6 Å². The van der Waals surface area contributed by atoms with E-state index in [1.54, 1.807) is 0 Å². The molecule has 2 nitrogen and oxygen atoms in total. The summed E-state index contributed by atoms with van der Waals surface area (Å²) >= 11 is 0. The van der Waals surface area contributed by atoms with Crippen LogP contribution in [-0.2, 0) is 0 Å². The Morgan fingerprint density at radius 3 is 2.28 bits per heavy atom. The summed E-state index contributed by atoms with van der Waals surface area (Å²) in [6, 6.07) is 0.528. The Labute approximate surface area is 114 Å². The fraction of sp³-hybridized carbons (Fsp3) is 1.00. The number of aliphatic hydroxyl groups is 1. The van der Waals surface area contributed by atoms with Crippen LogP contribution in [0.25, 0.3) is 0 Å². The summed E-state index contributed by atoms with van der Waals surface area (Å²) < 4.78 is 0. The zero-order valence-electron chi connectivity index (χ0n) is 12.8. The second kappa shape index (κ2) is 7.49. The lowest BCUT2D eigenvalue weighted by molar-refractivity contribution is -0.0105. The standard InChI is InChI=1S/C16H33NO/c1-5-15-8-10-16(18,11-9-15)12-17-14(4)7-6-13(2)3/h13-15,17-18H,5-12H2,1-4H3. The van der Waals surface area contributed by atoms with Crippen LogP contribution in [0.4, 0.5) is 0 Å². The van der Waals surface area contributed by atoms with Crippen molar-refractivity contribution in [1.29, 1.82) is 0 Å². The highest BCUT2D eigenvalue weighted by atomic mass is 16.3. The Morgan fingerprint density at radius 2 is 1.78 bits per heavy atom. The Bertz CT molecular complexity index is 219. The highest BCUT2D eigenvalue weighted by Gasteiger charge is 2.32. The summed E-state index contributed by atoms with van der Waals surface area (Å²) in [5.41, 5.74) is -0.433. The van der Waals surface area contributed by atoms with Crippen molar-refractivity contribution in [3.8, 4) is 0 Å². The van der Waals surface area contributed by atoms with Gasteiger partial charge in [-0.15, -0.1) is 0 Å². The summed E-state index contributed by atoms with van der Waals surface area (Å²) in [5, 5.41) is 14.1. The van der Waals surface area contributed by atoms with E-state index in [0.717, 1.165) is 31.2 Å². The van der Waals surface area contributed by atoms with Gasteiger partial charge in [-0.25, -0.2) is 0 Å². The van der Waals surface area contributed by atoms with E-state index in [1.807, 2.05) is 0 Å². The molecule has 1 fully saturated rings. The number of hydrogen-bond donors (Lipinski definition) is 2. The zero-order chi connectivity index (χ0) is 13.6. The van der Waals surface area contributed by atoms with Gasteiger partial charge in [0.05, 0.1) is 5.60 Å². The maximum Gasteiger partial charge on any atom is 0.0771 e. The Hall–Kier alpha value is -0.0800. The van der Waals surface area contributed by atoms with Crippen molar-refractivity contribution in [2.75, 3.05) is 6.54 Å². The normalized spacial score (nSPS) is 30.7. The summed E-state index contributed by atoms with van der Waals surface area (Å²) in [6.07, 6.45) is 8.12. The minimum atomic E-state index is -0.433. The fourth-order valence-electron chi connectivity index (χ4n) is 2.85. The molecule has 0 aromatic heterocycles. The molecule has 0 spiro atoms. The molecule has 1 aliphatic carbocycles. The van der Waals surface area contributed by atoms with E-state index in [2.05, 4.69) is 33.0 Å². The monoisotopic (exact) mass is 255 g/mol. The second-order valence-electron chi connectivity index (χ2n) is 6.83. The van der Waals surface area contributed by atoms with Gasteiger partial charge in [-0.1, -0.05) is 27.2 Å². The van der Waals surface area contributed by atoms with E-state index < -0.39 is 5.60 Å². The number of nitrogens with one attached hydrogen (secondary N) is 1. The lowest BCUT2D eigenvalue weighted by Crippen LogP contribution is -2.46. The SMILES string of the molecule is CCC1CCC(O)(CNC(C)CCC(C)C)CC1. The van der Waals surface area contributed by atoms with E-state index in [-0.39, 0.29) is 0 Å². The molecular weight excluding hydrogens is 222 g/mol. The smallest absolute Gasteiger partial charge is 0.0771 e. The highest BCUT2D eigenvalue weighted by molar-refractivity contribution is 4.87. The first-order valence-corrected chi connectivity index (χ1v) is 7.91. The molecular formula is C16H33NO. The lowest BCUT2D eigenvalue weighted by atomic mass is 9.78. The Morgan fingerprint density at radius 1 is 1.17 bits per heavy atom. The summed E-state index contributed by atoms with van der Waals surface area (Å²) in [5.74, 6) is 1.63. The molecule has 1 aliphatic rings. The molecule has 0 aliphatic heterocycles. The summed E-state index contributed by atoms with van der Waals surface area (Å²) in [7, 11) is 0. The van der Waals surface area contributed by atoms with E-state index in [0.29, 0.717) is 6.04 Å². The van der Waals surface area contributed by atoms with Gasteiger partial charge in [0.2, 0.25) is 0 Å². The van der Waals surface area contributed by atoms with Crippen LogP contribution in [0.3, 0.4) is 0 Å². The molecule has 0 saturated heterocycles. The van der Waals surface area contributed by atoms with Crippen molar-refractivity contribution in [1.82, 2.24) is 5.32 Å². The van der Waals surface area contributed by atoms with Gasteiger partial charge < -0.3 is 10.4 Å². The molecule has 2 heteroatoms. The largest absolute Gasteiger partial charge is 0.389 e. The minimum Gasteiger partial charge on any atom is -0.389 e. The molecule has 2 N–H and O–H groups in total. The van der Waals surface area contributed by atoms with Crippen LogP contribution < -0.4 is 5.32 Å². The van der Waals surface area contributed by atoms with Crippen molar-refractivity contribution in [3.63, 3.8) is 0 Å². The molecule has 0 radical (unpaired) electrons. The second-order valence-corrected chi connectivity index (χ2v) is 6.83.